The number of rotatable bonds is 10. The predicted octanol–water partition coefficient (Wildman–Crippen LogP) is 3.44. The van der Waals surface area contributed by atoms with E-state index in [0.717, 1.165) is 0 Å². The zero-order chi connectivity index (χ0) is 26.2. The third-order valence-corrected chi connectivity index (χ3v) is 5.16. The zero-order valence-corrected chi connectivity index (χ0v) is 20.3. The first-order valence-corrected chi connectivity index (χ1v) is 11.0. The molecule has 4 rings (SSSR count). The summed E-state index contributed by atoms with van der Waals surface area (Å²) in [6.45, 7) is -0.0719. The molecular weight excluding hydrogens is 480 g/mol. The van der Waals surface area contributed by atoms with E-state index >= 15 is 0 Å². The average Bonchev–Trinajstić information content (AvgIpc) is 3.63. The second-order valence-electron chi connectivity index (χ2n) is 7.52. The van der Waals surface area contributed by atoms with Gasteiger partial charge < -0.3 is 33.8 Å². The fraction of sp³-hybridized carbons (Fsp3) is 0.154. The van der Waals surface area contributed by atoms with E-state index in [-0.39, 0.29) is 23.7 Å². The van der Waals surface area contributed by atoms with Crippen molar-refractivity contribution in [3.05, 3.63) is 83.8 Å². The lowest BCUT2D eigenvalue weighted by molar-refractivity contribution is -0.118. The van der Waals surface area contributed by atoms with Gasteiger partial charge in [-0.05, 0) is 42.5 Å². The Bertz CT molecular complexity index is 1410. The van der Waals surface area contributed by atoms with Crippen molar-refractivity contribution in [3.8, 4) is 28.6 Å². The highest BCUT2D eigenvalue weighted by molar-refractivity contribution is 6.05. The lowest BCUT2D eigenvalue weighted by atomic mass is 10.1. The minimum absolute atomic E-state index is 0.0535. The topological polar surface area (TPSA) is 138 Å². The SMILES string of the molecule is COc1cccc(-c2noc(CNC(=O)/C(=C/c3ccco3)NC(=O)c3ccc(OC)c(OC)c3)n2)c1. The molecule has 0 saturated heterocycles. The number of carbonyl (C=O) groups excluding carboxylic acids is 2. The summed E-state index contributed by atoms with van der Waals surface area (Å²) in [5, 5.41) is 9.23. The highest BCUT2D eigenvalue weighted by Gasteiger charge is 2.18. The second kappa shape index (κ2) is 11.6. The molecule has 2 N–H and O–H groups in total. The summed E-state index contributed by atoms with van der Waals surface area (Å²) in [6, 6.07) is 15.1. The maximum Gasteiger partial charge on any atom is 0.268 e. The van der Waals surface area contributed by atoms with Crippen molar-refractivity contribution < 1.29 is 32.7 Å². The Kier molecular flexibility index (Phi) is 7.84. The molecule has 11 nitrogen and oxygen atoms in total. The van der Waals surface area contributed by atoms with Crippen molar-refractivity contribution in [3.63, 3.8) is 0 Å². The highest BCUT2D eigenvalue weighted by atomic mass is 16.5. The standard InChI is InChI=1S/C26H24N4O7/c1-33-18-7-4-6-16(12-18)24-29-23(37-30-24)15-27-26(32)20(14-19-8-5-11-36-19)28-25(31)17-9-10-21(34-2)22(13-17)35-3/h4-14H,15H2,1-3H3,(H,27,32)(H,28,31)/b20-14-. The fourth-order valence-corrected chi connectivity index (χ4v) is 3.30. The Labute approximate surface area is 212 Å². The van der Waals surface area contributed by atoms with Gasteiger partial charge in [0.2, 0.25) is 11.7 Å². The lowest BCUT2D eigenvalue weighted by Gasteiger charge is -2.12. The van der Waals surface area contributed by atoms with E-state index in [2.05, 4.69) is 20.8 Å². The van der Waals surface area contributed by atoms with E-state index in [1.54, 1.807) is 49.6 Å². The smallest absolute Gasteiger partial charge is 0.268 e. The quantitative estimate of drug-likeness (QED) is 0.311. The van der Waals surface area contributed by atoms with Gasteiger partial charge in [-0.3, -0.25) is 9.59 Å². The monoisotopic (exact) mass is 504 g/mol. The van der Waals surface area contributed by atoms with Crippen LogP contribution in [0.15, 0.2) is 75.5 Å². The number of hydrogen-bond acceptors (Lipinski definition) is 9. The third kappa shape index (κ3) is 6.14. The molecule has 0 bridgehead atoms. The molecule has 0 radical (unpaired) electrons. The Morgan fingerprint density at radius 2 is 1.81 bits per heavy atom. The Morgan fingerprint density at radius 3 is 2.54 bits per heavy atom. The van der Waals surface area contributed by atoms with E-state index in [1.165, 1.54) is 32.6 Å². The number of furan rings is 1. The normalized spacial score (nSPS) is 11.1. The van der Waals surface area contributed by atoms with Crippen LogP contribution < -0.4 is 24.8 Å². The molecule has 0 aliphatic heterocycles. The molecule has 0 aliphatic rings. The van der Waals surface area contributed by atoms with Gasteiger partial charge in [-0.25, -0.2) is 0 Å². The third-order valence-electron chi connectivity index (χ3n) is 5.16. The average molecular weight is 504 g/mol. The van der Waals surface area contributed by atoms with Gasteiger partial charge in [0.25, 0.3) is 11.8 Å². The number of carbonyl (C=O) groups is 2. The van der Waals surface area contributed by atoms with E-state index in [9.17, 15) is 9.59 Å². The number of hydrogen-bond donors (Lipinski definition) is 2. The zero-order valence-electron chi connectivity index (χ0n) is 20.3. The Morgan fingerprint density at radius 1 is 0.973 bits per heavy atom. The van der Waals surface area contributed by atoms with Crippen LogP contribution in [0.5, 0.6) is 17.2 Å². The van der Waals surface area contributed by atoms with Crippen LogP contribution in [0.25, 0.3) is 17.5 Å². The van der Waals surface area contributed by atoms with Crippen molar-refractivity contribution >= 4 is 17.9 Å². The summed E-state index contributed by atoms with van der Waals surface area (Å²) in [5.74, 6) is 1.26. The summed E-state index contributed by atoms with van der Waals surface area (Å²) in [5.41, 5.74) is 0.902. The van der Waals surface area contributed by atoms with Gasteiger partial charge in [0.05, 0.1) is 34.1 Å². The summed E-state index contributed by atoms with van der Waals surface area (Å²) >= 11 is 0. The summed E-state index contributed by atoms with van der Waals surface area (Å²) in [7, 11) is 4.52. The number of nitrogens with one attached hydrogen (secondary N) is 2. The molecule has 0 aliphatic carbocycles. The van der Waals surface area contributed by atoms with Crippen molar-refractivity contribution in [2.24, 2.45) is 0 Å². The predicted molar refractivity (Wildman–Crippen MR) is 132 cm³/mol. The molecule has 2 heterocycles. The van der Waals surface area contributed by atoms with Crippen molar-refractivity contribution in [2.45, 2.75) is 6.54 Å². The van der Waals surface area contributed by atoms with Crippen LogP contribution >= 0.6 is 0 Å². The van der Waals surface area contributed by atoms with E-state index in [4.69, 9.17) is 23.2 Å². The number of amides is 2. The van der Waals surface area contributed by atoms with Crippen LogP contribution in [-0.4, -0.2) is 43.3 Å². The first-order chi connectivity index (χ1) is 18.0. The number of aromatic nitrogens is 2. The van der Waals surface area contributed by atoms with Crippen molar-refractivity contribution in [1.29, 1.82) is 0 Å². The number of methoxy groups -OCH3 is 3. The molecule has 4 aromatic rings. The van der Waals surface area contributed by atoms with Crippen molar-refractivity contribution in [2.75, 3.05) is 21.3 Å². The van der Waals surface area contributed by atoms with E-state index in [0.29, 0.717) is 34.4 Å². The molecule has 0 atom stereocenters. The van der Waals surface area contributed by atoms with Crippen LogP contribution in [0, 0.1) is 0 Å². The second-order valence-corrected chi connectivity index (χ2v) is 7.52. The fourth-order valence-electron chi connectivity index (χ4n) is 3.30. The molecule has 2 amide bonds. The van der Waals surface area contributed by atoms with Gasteiger partial charge in [0, 0.05) is 17.2 Å². The largest absolute Gasteiger partial charge is 0.497 e. The van der Waals surface area contributed by atoms with Crippen LogP contribution in [0.4, 0.5) is 0 Å². The number of ether oxygens (including phenoxy) is 3. The molecule has 0 unspecified atom stereocenters. The maximum absolute atomic E-state index is 13.0. The Balaban J connectivity index is 1.48. The van der Waals surface area contributed by atoms with Gasteiger partial charge in [-0.2, -0.15) is 4.98 Å². The van der Waals surface area contributed by atoms with Gasteiger partial charge in [-0.15, -0.1) is 0 Å². The van der Waals surface area contributed by atoms with Crippen LogP contribution in [-0.2, 0) is 11.3 Å². The Hall–Kier alpha value is -5.06. The summed E-state index contributed by atoms with van der Waals surface area (Å²) < 4.78 is 26.2. The molecule has 37 heavy (non-hydrogen) atoms. The number of nitrogens with zero attached hydrogens (tertiary/aromatic N) is 2. The van der Waals surface area contributed by atoms with Crippen LogP contribution in [0.1, 0.15) is 22.0 Å². The van der Waals surface area contributed by atoms with Gasteiger partial charge in [-0.1, -0.05) is 17.3 Å². The molecule has 11 heteroatoms. The molecule has 0 fully saturated rings. The summed E-state index contributed by atoms with van der Waals surface area (Å²) in [4.78, 5) is 30.2. The van der Waals surface area contributed by atoms with Crippen LogP contribution in [0.2, 0.25) is 0 Å². The molecule has 0 saturated carbocycles. The first-order valence-electron chi connectivity index (χ1n) is 11.0. The molecule has 2 aromatic carbocycles. The van der Waals surface area contributed by atoms with E-state index < -0.39 is 11.8 Å². The first kappa shape index (κ1) is 25.0. The minimum atomic E-state index is -0.591. The molecule has 190 valence electrons. The molecule has 2 aromatic heterocycles. The molecule has 0 spiro atoms. The van der Waals surface area contributed by atoms with Crippen LogP contribution in [0.3, 0.4) is 0 Å². The number of benzene rings is 2. The summed E-state index contributed by atoms with van der Waals surface area (Å²) in [6.07, 6.45) is 2.86. The van der Waals surface area contributed by atoms with Crippen molar-refractivity contribution in [1.82, 2.24) is 20.8 Å². The maximum atomic E-state index is 13.0. The van der Waals surface area contributed by atoms with Gasteiger partial charge >= 0.3 is 0 Å². The van der Waals surface area contributed by atoms with Gasteiger partial charge in [0.1, 0.15) is 17.2 Å². The lowest BCUT2D eigenvalue weighted by Crippen LogP contribution is -2.34. The van der Waals surface area contributed by atoms with Gasteiger partial charge in [0.15, 0.2) is 11.5 Å². The minimum Gasteiger partial charge on any atom is -0.497 e. The molecular formula is C26H24N4O7. The highest BCUT2D eigenvalue weighted by Crippen LogP contribution is 2.27. The van der Waals surface area contributed by atoms with E-state index in [1.807, 2.05) is 6.07 Å².